The number of nitrogens with zero attached hydrogens (tertiary/aromatic N) is 1. The van der Waals surface area contributed by atoms with Crippen molar-refractivity contribution in [2.75, 3.05) is 29.9 Å². The van der Waals surface area contributed by atoms with Crippen LogP contribution in [0.4, 0.5) is 11.4 Å². The van der Waals surface area contributed by atoms with Crippen LogP contribution in [0.25, 0.3) is 6.08 Å². The van der Waals surface area contributed by atoms with Crippen LogP contribution < -0.4 is 10.2 Å². The molecule has 0 radical (unpaired) electrons. The molecule has 0 saturated carbocycles. The molecule has 1 aliphatic heterocycles. The van der Waals surface area contributed by atoms with Gasteiger partial charge in [0, 0.05) is 35.4 Å². The highest BCUT2D eigenvalue weighted by Gasteiger charge is 2.11. The molecule has 6 heteroatoms. The van der Waals surface area contributed by atoms with Gasteiger partial charge in [0.15, 0.2) is 6.61 Å². The molecule has 1 aromatic carbocycles. The number of aryl methyl sites for hydroxylation is 1. The highest BCUT2D eigenvalue weighted by atomic mass is 32.1. The van der Waals surface area contributed by atoms with Crippen molar-refractivity contribution in [3.05, 3.63) is 52.2 Å². The van der Waals surface area contributed by atoms with Crippen molar-refractivity contribution in [1.82, 2.24) is 0 Å². The number of carbonyl (C=O) groups excluding carboxylic acids is 2. The second-order valence-corrected chi connectivity index (χ2v) is 7.50. The maximum Gasteiger partial charge on any atom is 0.331 e. The number of hydrogen-bond acceptors (Lipinski definition) is 5. The second-order valence-electron chi connectivity index (χ2n) is 6.55. The third-order valence-electron chi connectivity index (χ3n) is 4.49. The van der Waals surface area contributed by atoms with E-state index in [9.17, 15) is 9.59 Å². The van der Waals surface area contributed by atoms with Crippen molar-refractivity contribution in [2.24, 2.45) is 0 Å². The average molecular weight is 385 g/mol. The standard InChI is InChI=1S/C21H24N2O3S/c1-16-11-14-27-19(16)9-10-21(25)26-15-20(24)22-17-5-7-18(8-6-17)23-12-3-2-4-13-23/h5-11,14H,2-4,12-13,15H2,1H3,(H,22,24)/b10-9+. The molecule has 1 fully saturated rings. The molecular formula is C21H24N2O3S. The summed E-state index contributed by atoms with van der Waals surface area (Å²) in [5.74, 6) is -0.881. The van der Waals surface area contributed by atoms with E-state index in [0.717, 1.165) is 23.5 Å². The van der Waals surface area contributed by atoms with Gasteiger partial charge in [0.1, 0.15) is 0 Å². The van der Waals surface area contributed by atoms with Crippen molar-refractivity contribution >= 4 is 40.7 Å². The summed E-state index contributed by atoms with van der Waals surface area (Å²) in [5.41, 5.74) is 2.98. The molecule has 5 nitrogen and oxygen atoms in total. The van der Waals surface area contributed by atoms with Crippen LogP contribution in [0.3, 0.4) is 0 Å². The monoisotopic (exact) mass is 384 g/mol. The summed E-state index contributed by atoms with van der Waals surface area (Å²) in [4.78, 5) is 27.1. The Labute approximate surface area is 163 Å². The molecular weight excluding hydrogens is 360 g/mol. The number of benzene rings is 1. The lowest BCUT2D eigenvalue weighted by Crippen LogP contribution is -2.29. The van der Waals surface area contributed by atoms with Gasteiger partial charge < -0.3 is 15.0 Å². The Morgan fingerprint density at radius 3 is 2.56 bits per heavy atom. The van der Waals surface area contributed by atoms with Gasteiger partial charge in [-0.15, -0.1) is 11.3 Å². The van der Waals surface area contributed by atoms with E-state index < -0.39 is 5.97 Å². The first-order chi connectivity index (χ1) is 13.1. The van der Waals surface area contributed by atoms with Crippen LogP contribution in [-0.4, -0.2) is 31.6 Å². The Morgan fingerprint density at radius 2 is 1.89 bits per heavy atom. The van der Waals surface area contributed by atoms with E-state index >= 15 is 0 Å². The minimum absolute atomic E-state index is 0.305. The van der Waals surface area contributed by atoms with E-state index in [1.165, 1.54) is 31.0 Å². The number of piperidine rings is 1. The van der Waals surface area contributed by atoms with Crippen molar-refractivity contribution in [3.63, 3.8) is 0 Å². The van der Waals surface area contributed by atoms with E-state index in [2.05, 4.69) is 10.2 Å². The van der Waals surface area contributed by atoms with Crippen LogP contribution >= 0.6 is 11.3 Å². The summed E-state index contributed by atoms with van der Waals surface area (Å²) in [6.45, 7) is 3.84. The quantitative estimate of drug-likeness (QED) is 0.598. The lowest BCUT2D eigenvalue weighted by molar-refractivity contribution is -0.142. The highest BCUT2D eigenvalue weighted by Crippen LogP contribution is 2.21. The molecule has 0 aliphatic carbocycles. The molecule has 2 aromatic rings. The number of hydrogen-bond donors (Lipinski definition) is 1. The van der Waals surface area contributed by atoms with E-state index in [4.69, 9.17) is 4.74 Å². The number of nitrogens with one attached hydrogen (secondary N) is 1. The van der Waals surface area contributed by atoms with Gasteiger partial charge in [-0.3, -0.25) is 4.79 Å². The van der Waals surface area contributed by atoms with Crippen LogP contribution in [-0.2, 0) is 14.3 Å². The van der Waals surface area contributed by atoms with Gasteiger partial charge in [0.05, 0.1) is 0 Å². The largest absolute Gasteiger partial charge is 0.452 e. The van der Waals surface area contributed by atoms with Gasteiger partial charge in [0.25, 0.3) is 5.91 Å². The fourth-order valence-electron chi connectivity index (χ4n) is 2.99. The second kappa shape index (κ2) is 9.37. The minimum atomic E-state index is -0.529. The summed E-state index contributed by atoms with van der Waals surface area (Å²) < 4.78 is 4.99. The number of amides is 1. The smallest absolute Gasteiger partial charge is 0.331 e. The zero-order valence-corrected chi connectivity index (χ0v) is 16.3. The predicted octanol–water partition coefficient (Wildman–Crippen LogP) is 4.24. The Morgan fingerprint density at radius 1 is 1.15 bits per heavy atom. The number of esters is 1. The van der Waals surface area contributed by atoms with Gasteiger partial charge in [-0.2, -0.15) is 0 Å². The zero-order valence-electron chi connectivity index (χ0n) is 15.4. The molecule has 1 aromatic heterocycles. The highest BCUT2D eigenvalue weighted by molar-refractivity contribution is 7.11. The van der Waals surface area contributed by atoms with Crippen LogP contribution in [0.5, 0.6) is 0 Å². The number of anilines is 2. The molecule has 27 heavy (non-hydrogen) atoms. The van der Waals surface area contributed by atoms with E-state index in [1.807, 2.05) is 42.6 Å². The van der Waals surface area contributed by atoms with Gasteiger partial charge in [0.2, 0.25) is 0 Å². The molecule has 1 amide bonds. The SMILES string of the molecule is Cc1ccsc1/C=C/C(=O)OCC(=O)Nc1ccc(N2CCCCC2)cc1. The van der Waals surface area contributed by atoms with Crippen molar-refractivity contribution in [1.29, 1.82) is 0 Å². The third kappa shape index (κ3) is 5.69. The van der Waals surface area contributed by atoms with Gasteiger partial charge in [-0.25, -0.2) is 4.79 Å². The number of carbonyl (C=O) groups is 2. The summed E-state index contributed by atoms with van der Waals surface area (Å²) in [5, 5.41) is 4.71. The molecule has 1 aliphatic rings. The van der Waals surface area contributed by atoms with Gasteiger partial charge in [-0.1, -0.05) is 0 Å². The first-order valence-electron chi connectivity index (χ1n) is 9.15. The Bertz CT molecular complexity index is 805. The topological polar surface area (TPSA) is 58.6 Å². The van der Waals surface area contributed by atoms with E-state index in [0.29, 0.717) is 5.69 Å². The molecule has 1 saturated heterocycles. The van der Waals surface area contributed by atoms with Crippen LogP contribution in [0.15, 0.2) is 41.8 Å². The van der Waals surface area contributed by atoms with Gasteiger partial charge in [-0.05, 0) is 73.5 Å². The molecule has 0 unspecified atom stereocenters. The Hall–Kier alpha value is -2.60. The maximum absolute atomic E-state index is 12.0. The number of thiophene rings is 1. The number of rotatable bonds is 6. The molecule has 3 rings (SSSR count). The summed E-state index contributed by atoms with van der Waals surface area (Å²) in [6, 6.07) is 9.77. The van der Waals surface area contributed by atoms with Crippen molar-refractivity contribution in [2.45, 2.75) is 26.2 Å². The lowest BCUT2D eigenvalue weighted by Gasteiger charge is -2.28. The summed E-state index contributed by atoms with van der Waals surface area (Å²) in [6.07, 6.45) is 6.80. The number of ether oxygens (including phenoxy) is 1. The zero-order chi connectivity index (χ0) is 19.1. The molecule has 0 spiro atoms. The van der Waals surface area contributed by atoms with Crippen LogP contribution in [0.2, 0.25) is 0 Å². The van der Waals surface area contributed by atoms with Crippen LogP contribution in [0.1, 0.15) is 29.7 Å². The fraction of sp³-hybridized carbons (Fsp3) is 0.333. The Kier molecular flexibility index (Phi) is 6.65. The summed E-state index contributed by atoms with van der Waals surface area (Å²) >= 11 is 1.55. The lowest BCUT2D eigenvalue weighted by atomic mass is 10.1. The van der Waals surface area contributed by atoms with E-state index in [-0.39, 0.29) is 12.5 Å². The first kappa shape index (κ1) is 19.2. The third-order valence-corrected chi connectivity index (χ3v) is 5.47. The Balaban J connectivity index is 1.44. The first-order valence-corrected chi connectivity index (χ1v) is 10.0. The van der Waals surface area contributed by atoms with E-state index in [1.54, 1.807) is 17.4 Å². The maximum atomic E-state index is 12.0. The normalized spacial score (nSPS) is 14.3. The molecule has 1 N–H and O–H groups in total. The molecule has 0 bridgehead atoms. The predicted molar refractivity (Wildman–Crippen MR) is 110 cm³/mol. The van der Waals surface area contributed by atoms with Gasteiger partial charge >= 0.3 is 5.97 Å². The minimum Gasteiger partial charge on any atom is -0.452 e. The average Bonchev–Trinajstić information content (AvgIpc) is 3.11. The van der Waals surface area contributed by atoms with Crippen molar-refractivity contribution < 1.29 is 14.3 Å². The summed E-state index contributed by atoms with van der Waals surface area (Å²) in [7, 11) is 0. The van der Waals surface area contributed by atoms with Crippen molar-refractivity contribution in [3.8, 4) is 0 Å². The van der Waals surface area contributed by atoms with Crippen LogP contribution in [0, 0.1) is 6.92 Å². The fourth-order valence-corrected chi connectivity index (χ4v) is 3.81. The molecule has 142 valence electrons. The molecule has 0 atom stereocenters. The molecule has 2 heterocycles.